The smallest absolute Gasteiger partial charge is 0.229 e. The van der Waals surface area contributed by atoms with Crippen molar-refractivity contribution in [2.45, 2.75) is 58.0 Å². The summed E-state index contributed by atoms with van der Waals surface area (Å²) >= 11 is 0. The minimum Gasteiger partial charge on any atom is -0.350 e. The highest BCUT2D eigenvalue weighted by Crippen LogP contribution is 2.34. The van der Waals surface area contributed by atoms with E-state index in [2.05, 4.69) is 27.9 Å². The molecule has 2 aliphatic heterocycles. The Hall–Kier alpha value is -3.35. The molecule has 3 aromatic rings. The SMILES string of the molecule is Cc1nc([C@H]2CCCCN2C(=O)Cc2ccccn2)nc2c1CCCN2Cc1ccccn1. The summed E-state index contributed by atoms with van der Waals surface area (Å²) in [6, 6.07) is 11.6. The first kappa shape index (κ1) is 21.5. The van der Waals surface area contributed by atoms with Gasteiger partial charge in [-0.2, -0.15) is 0 Å². The summed E-state index contributed by atoms with van der Waals surface area (Å²) in [7, 11) is 0. The fourth-order valence-electron chi connectivity index (χ4n) is 4.96. The molecule has 0 aromatic carbocycles. The van der Waals surface area contributed by atoms with Crippen LogP contribution in [0.3, 0.4) is 0 Å². The second-order valence-corrected chi connectivity index (χ2v) is 8.91. The molecule has 1 amide bonds. The van der Waals surface area contributed by atoms with Crippen molar-refractivity contribution in [2.24, 2.45) is 0 Å². The predicted molar refractivity (Wildman–Crippen MR) is 127 cm³/mol. The molecule has 0 aliphatic carbocycles. The Balaban J connectivity index is 1.43. The molecule has 0 unspecified atom stereocenters. The summed E-state index contributed by atoms with van der Waals surface area (Å²) in [5.74, 6) is 1.88. The molecule has 5 rings (SSSR count). The Morgan fingerprint density at radius 2 is 1.76 bits per heavy atom. The van der Waals surface area contributed by atoms with Crippen molar-refractivity contribution >= 4 is 11.7 Å². The number of hydrogen-bond donors (Lipinski definition) is 0. The van der Waals surface area contributed by atoms with Crippen LogP contribution in [0.2, 0.25) is 0 Å². The van der Waals surface area contributed by atoms with Crippen LogP contribution in [-0.4, -0.2) is 43.8 Å². The number of amides is 1. The molecular weight excluding hydrogens is 412 g/mol. The average molecular weight is 443 g/mol. The van der Waals surface area contributed by atoms with E-state index in [9.17, 15) is 4.79 Å². The number of carbonyl (C=O) groups is 1. The first-order valence-electron chi connectivity index (χ1n) is 11.9. The van der Waals surface area contributed by atoms with Crippen LogP contribution in [0.5, 0.6) is 0 Å². The van der Waals surface area contributed by atoms with Gasteiger partial charge in [0.2, 0.25) is 5.91 Å². The topological polar surface area (TPSA) is 75.1 Å². The van der Waals surface area contributed by atoms with Crippen LogP contribution in [0, 0.1) is 6.92 Å². The lowest BCUT2D eigenvalue weighted by Crippen LogP contribution is -2.41. The van der Waals surface area contributed by atoms with Gasteiger partial charge in [-0.05, 0) is 63.3 Å². The van der Waals surface area contributed by atoms with E-state index in [0.717, 1.165) is 80.5 Å². The highest BCUT2D eigenvalue weighted by molar-refractivity contribution is 5.78. The lowest BCUT2D eigenvalue weighted by Gasteiger charge is -2.36. The molecule has 170 valence electrons. The largest absolute Gasteiger partial charge is 0.350 e. The predicted octanol–water partition coefficient (Wildman–Crippen LogP) is 3.82. The summed E-state index contributed by atoms with van der Waals surface area (Å²) in [6.45, 7) is 4.51. The third kappa shape index (κ3) is 4.72. The summed E-state index contributed by atoms with van der Waals surface area (Å²) in [5, 5.41) is 0. The number of likely N-dealkylation sites (tertiary alicyclic amines) is 1. The van der Waals surface area contributed by atoms with Crippen molar-refractivity contribution in [2.75, 3.05) is 18.0 Å². The van der Waals surface area contributed by atoms with Gasteiger partial charge < -0.3 is 9.80 Å². The van der Waals surface area contributed by atoms with Crippen LogP contribution < -0.4 is 4.90 Å². The first-order valence-corrected chi connectivity index (χ1v) is 11.9. The van der Waals surface area contributed by atoms with Gasteiger partial charge in [-0.25, -0.2) is 9.97 Å². The molecule has 0 spiro atoms. The van der Waals surface area contributed by atoms with Gasteiger partial charge in [0.05, 0.1) is 24.7 Å². The molecule has 3 aromatic heterocycles. The van der Waals surface area contributed by atoms with Crippen molar-refractivity contribution in [3.63, 3.8) is 0 Å². The quantitative estimate of drug-likeness (QED) is 0.598. The van der Waals surface area contributed by atoms with Crippen molar-refractivity contribution in [3.05, 3.63) is 77.3 Å². The van der Waals surface area contributed by atoms with Crippen molar-refractivity contribution in [3.8, 4) is 0 Å². The lowest BCUT2D eigenvalue weighted by atomic mass is 9.99. The minimum absolute atomic E-state index is 0.0856. The van der Waals surface area contributed by atoms with Gasteiger partial charge in [-0.3, -0.25) is 14.8 Å². The molecular formula is C26H30N6O. The maximum absolute atomic E-state index is 13.2. The van der Waals surface area contributed by atoms with E-state index in [1.165, 1.54) is 5.56 Å². The van der Waals surface area contributed by atoms with Gasteiger partial charge in [-0.1, -0.05) is 12.1 Å². The summed E-state index contributed by atoms with van der Waals surface area (Å²) in [4.78, 5) is 36.4. The third-order valence-corrected chi connectivity index (χ3v) is 6.62. The maximum Gasteiger partial charge on any atom is 0.229 e. The number of anilines is 1. The standard InChI is InChI=1S/C26H30N6O/c1-19-22-11-8-15-31(18-21-10-3-6-14-28-21)26(22)30-25(29-19)23-12-4-7-16-32(23)24(33)17-20-9-2-5-13-27-20/h2-3,5-6,9-10,13-14,23H,4,7-8,11-12,15-18H2,1H3/t23-/m1/s1. The molecule has 1 atom stereocenters. The molecule has 0 radical (unpaired) electrons. The number of aromatic nitrogens is 4. The summed E-state index contributed by atoms with van der Waals surface area (Å²) in [5.41, 5.74) is 4.09. The van der Waals surface area contributed by atoms with E-state index in [1.54, 1.807) is 6.20 Å². The summed E-state index contributed by atoms with van der Waals surface area (Å²) < 4.78 is 0. The van der Waals surface area contributed by atoms with Crippen LogP contribution in [0.15, 0.2) is 48.8 Å². The van der Waals surface area contributed by atoms with Crippen LogP contribution in [0.4, 0.5) is 5.82 Å². The highest BCUT2D eigenvalue weighted by Gasteiger charge is 2.32. The molecule has 7 heteroatoms. The first-order chi connectivity index (χ1) is 16.2. The number of aryl methyl sites for hydroxylation is 1. The molecule has 0 bridgehead atoms. The number of hydrogen-bond acceptors (Lipinski definition) is 6. The fourth-order valence-corrected chi connectivity index (χ4v) is 4.96. The normalized spacial score (nSPS) is 18.2. The zero-order valence-corrected chi connectivity index (χ0v) is 19.2. The second-order valence-electron chi connectivity index (χ2n) is 8.91. The molecule has 5 heterocycles. The Labute approximate surface area is 194 Å². The molecule has 0 saturated carbocycles. The zero-order valence-electron chi connectivity index (χ0n) is 19.2. The molecule has 33 heavy (non-hydrogen) atoms. The van der Waals surface area contributed by atoms with E-state index >= 15 is 0 Å². The highest BCUT2D eigenvalue weighted by atomic mass is 16.2. The number of pyridine rings is 2. The number of nitrogens with zero attached hydrogens (tertiary/aromatic N) is 6. The molecule has 0 N–H and O–H groups in total. The zero-order chi connectivity index (χ0) is 22.6. The Morgan fingerprint density at radius 3 is 2.52 bits per heavy atom. The van der Waals surface area contributed by atoms with Crippen molar-refractivity contribution in [1.29, 1.82) is 0 Å². The van der Waals surface area contributed by atoms with Crippen LogP contribution in [-0.2, 0) is 24.2 Å². The van der Waals surface area contributed by atoms with E-state index in [0.29, 0.717) is 6.42 Å². The Kier molecular flexibility index (Phi) is 6.28. The fraction of sp³-hybridized carbons (Fsp3) is 0.423. The van der Waals surface area contributed by atoms with Crippen LogP contribution in [0.1, 0.15) is 60.2 Å². The molecule has 1 fully saturated rings. The number of fused-ring (bicyclic) bond motifs is 1. The molecule has 2 aliphatic rings. The number of piperidine rings is 1. The average Bonchev–Trinajstić information content (AvgIpc) is 2.86. The maximum atomic E-state index is 13.2. The van der Waals surface area contributed by atoms with E-state index in [4.69, 9.17) is 9.97 Å². The number of carbonyl (C=O) groups excluding carboxylic acids is 1. The minimum atomic E-state index is -0.0856. The van der Waals surface area contributed by atoms with E-state index < -0.39 is 0 Å². The van der Waals surface area contributed by atoms with Crippen molar-refractivity contribution < 1.29 is 4.79 Å². The Bertz CT molecular complexity index is 1100. The van der Waals surface area contributed by atoms with E-state index in [1.807, 2.05) is 41.4 Å². The Morgan fingerprint density at radius 1 is 0.970 bits per heavy atom. The van der Waals surface area contributed by atoms with Gasteiger partial charge in [0.15, 0.2) is 5.82 Å². The van der Waals surface area contributed by atoms with Gasteiger partial charge in [-0.15, -0.1) is 0 Å². The lowest BCUT2D eigenvalue weighted by molar-refractivity contribution is -0.134. The molecule has 1 saturated heterocycles. The van der Waals surface area contributed by atoms with Gasteiger partial charge in [0, 0.05) is 42.4 Å². The third-order valence-electron chi connectivity index (χ3n) is 6.62. The van der Waals surface area contributed by atoms with Gasteiger partial charge in [0.1, 0.15) is 5.82 Å². The van der Waals surface area contributed by atoms with Crippen LogP contribution >= 0.6 is 0 Å². The molecule has 7 nitrogen and oxygen atoms in total. The monoisotopic (exact) mass is 442 g/mol. The summed E-state index contributed by atoms with van der Waals surface area (Å²) in [6.07, 6.45) is 8.95. The van der Waals surface area contributed by atoms with Crippen molar-refractivity contribution in [1.82, 2.24) is 24.8 Å². The van der Waals surface area contributed by atoms with Gasteiger partial charge in [0.25, 0.3) is 0 Å². The van der Waals surface area contributed by atoms with Gasteiger partial charge >= 0.3 is 0 Å². The number of rotatable bonds is 5. The van der Waals surface area contributed by atoms with E-state index in [-0.39, 0.29) is 11.9 Å². The second kappa shape index (κ2) is 9.65. The van der Waals surface area contributed by atoms with Crippen LogP contribution in [0.25, 0.3) is 0 Å².